The number of alkyl halides is 4. The number of esters is 1. The van der Waals surface area contributed by atoms with Crippen LogP contribution in [0, 0.1) is 29.1 Å². The number of ketones is 1. The van der Waals surface area contributed by atoms with Crippen molar-refractivity contribution < 1.29 is 27.5 Å². The Balaban J connectivity index is 1.81. The Morgan fingerprint density at radius 1 is 1.12 bits per heavy atom. The lowest BCUT2D eigenvalue weighted by molar-refractivity contribution is -0.155. The van der Waals surface area contributed by atoms with Crippen molar-refractivity contribution >= 4 is 27.7 Å². The molecule has 7 heteroatoms. The molecule has 0 amide bonds. The number of carbonyl (C=O) groups excluding carboxylic acids is 2. The number of hydrogen-bond acceptors (Lipinski definition) is 3. The van der Waals surface area contributed by atoms with Gasteiger partial charge in [-0.15, -0.1) is 6.42 Å². The molecule has 32 heavy (non-hydrogen) atoms. The normalized spacial score (nSPS) is 22.5. The topological polar surface area (TPSA) is 43.4 Å². The van der Waals surface area contributed by atoms with E-state index in [4.69, 9.17) is 11.2 Å². The molecule has 1 aliphatic rings. The van der Waals surface area contributed by atoms with Gasteiger partial charge in [0.2, 0.25) is 0 Å². The number of hydrogen-bond donors (Lipinski definition) is 0. The van der Waals surface area contributed by atoms with Crippen LogP contribution in [0.3, 0.4) is 0 Å². The maximum atomic E-state index is 13.2. The fourth-order valence-electron chi connectivity index (χ4n) is 4.43. The Morgan fingerprint density at radius 2 is 1.75 bits per heavy atom. The summed E-state index contributed by atoms with van der Waals surface area (Å²) in [6.07, 6.45) is -1.06. The van der Waals surface area contributed by atoms with E-state index in [1.54, 1.807) is 68.4 Å². The van der Waals surface area contributed by atoms with Crippen molar-refractivity contribution in [2.24, 2.45) is 16.7 Å². The number of terminal acetylenes is 1. The SMILES string of the molecule is C#CC(OC(=O)C1C(C)(C)C1(CBr)CC(F)(F)F)c1cccc(C(=O)c2ccccc2)c1. The van der Waals surface area contributed by atoms with Gasteiger partial charge in [0.25, 0.3) is 0 Å². The monoisotopic (exact) mass is 506 g/mol. The van der Waals surface area contributed by atoms with Gasteiger partial charge in [0.15, 0.2) is 11.9 Å². The summed E-state index contributed by atoms with van der Waals surface area (Å²) >= 11 is 3.16. The number of halogens is 4. The van der Waals surface area contributed by atoms with E-state index in [-0.39, 0.29) is 11.1 Å². The number of ether oxygens (including phenoxy) is 1. The van der Waals surface area contributed by atoms with Crippen LogP contribution in [0.15, 0.2) is 54.6 Å². The molecule has 0 aromatic heterocycles. The largest absolute Gasteiger partial charge is 0.444 e. The second-order valence-electron chi connectivity index (χ2n) is 8.54. The van der Waals surface area contributed by atoms with Gasteiger partial charge >= 0.3 is 12.1 Å². The summed E-state index contributed by atoms with van der Waals surface area (Å²) in [5, 5.41) is 0.00800. The zero-order valence-corrected chi connectivity index (χ0v) is 19.2. The Labute approximate surface area is 193 Å². The van der Waals surface area contributed by atoms with Crippen LogP contribution in [0.25, 0.3) is 0 Å². The molecule has 3 atom stereocenters. The summed E-state index contributed by atoms with van der Waals surface area (Å²) < 4.78 is 45.0. The molecule has 168 valence electrons. The van der Waals surface area contributed by atoms with Gasteiger partial charge in [0.1, 0.15) is 0 Å². The maximum absolute atomic E-state index is 13.2. The van der Waals surface area contributed by atoms with Crippen LogP contribution in [-0.4, -0.2) is 23.3 Å². The fraction of sp³-hybridized carbons (Fsp3) is 0.360. The number of carbonyl (C=O) groups is 2. The first-order valence-corrected chi connectivity index (χ1v) is 11.1. The highest BCUT2D eigenvalue weighted by atomic mass is 79.9. The van der Waals surface area contributed by atoms with E-state index in [9.17, 15) is 22.8 Å². The second kappa shape index (κ2) is 8.74. The second-order valence-corrected chi connectivity index (χ2v) is 9.10. The van der Waals surface area contributed by atoms with Crippen LogP contribution in [0.4, 0.5) is 13.2 Å². The highest BCUT2D eigenvalue weighted by Crippen LogP contribution is 2.73. The lowest BCUT2D eigenvalue weighted by Crippen LogP contribution is -2.24. The molecule has 0 bridgehead atoms. The number of benzene rings is 2. The highest BCUT2D eigenvalue weighted by molar-refractivity contribution is 9.09. The quantitative estimate of drug-likeness (QED) is 0.196. The maximum Gasteiger partial charge on any atom is 0.389 e. The summed E-state index contributed by atoms with van der Waals surface area (Å²) in [4.78, 5) is 25.6. The molecule has 1 saturated carbocycles. The zero-order chi connectivity index (χ0) is 23.7. The standard InChI is InChI=1S/C25H22BrF3O3/c1-4-19(17-11-8-12-18(13-17)20(30)16-9-6-5-7-10-16)32-22(31)21-23(2,3)24(21,15-26)14-25(27,28)29/h1,5-13,19,21H,14-15H2,2-3H3. The van der Waals surface area contributed by atoms with E-state index in [1.807, 2.05) is 0 Å². The molecule has 3 unspecified atom stereocenters. The van der Waals surface area contributed by atoms with Crippen molar-refractivity contribution in [2.75, 3.05) is 5.33 Å². The molecule has 0 saturated heterocycles. The van der Waals surface area contributed by atoms with E-state index in [2.05, 4.69) is 21.9 Å². The molecular formula is C25H22BrF3O3. The molecule has 3 rings (SSSR count). The van der Waals surface area contributed by atoms with Crippen LogP contribution in [0.5, 0.6) is 0 Å². The van der Waals surface area contributed by atoms with Crippen LogP contribution in [-0.2, 0) is 9.53 Å². The minimum atomic E-state index is -4.42. The molecule has 1 aliphatic carbocycles. The first-order valence-electron chi connectivity index (χ1n) is 9.96. The highest BCUT2D eigenvalue weighted by Gasteiger charge is 2.76. The van der Waals surface area contributed by atoms with E-state index in [0.29, 0.717) is 16.7 Å². The molecule has 0 N–H and O–H groups in total. The molecular weight excluding hydrogens is 485 g/mol. The van der Waals surface area contributed by atoms with Crippen molar-refractivity contribution in [1.82, 2.24) is 0 Å². The Morgan fingerprint density at radius 3 is 2.31 bits per heavy atom. The van der Waals surface area contributed by atoms with E-state index in [0.717, 1.165) is 0 Å². The summed E-state index contributed by atoms with van der Waals surface area (Å²) in [5.74, 6) is 0.416. The zero-order valence-electron chi connectivity index (χ0n) is 17.6. The molecule has 0 radical (unpaired) electrons. The Kier molecular flexibility index (Phi) is 6.57. The van der Waals surface area contributed by atoms with Gasteiger partial charge in [0.05, 0.1) is 12.3 Å². The first kappa shape index (κ1) is 24.1. The molecule has 0 spiro atoms. The van der Waals surface area contributed by atoms with Crippen molar-refractivity contribution in [3.05, 3.63) is 71.3 Å². The fourth-order valence-corrected chi connectivity index (χ4v) is 5.67. The van der Waals surface area contributed by atoms with Crippen LogP contribution in [0.2, 0.25) is 0 Å². The van der Waals surface area contributed by atoms with Crippen LogP contribution in [0.1, 0.15) is 47.9 Å². The molecule has 0 heterocycles. The van der Waals surface area contributed by atoms with Gasteiger partial charge in [-0.3, -0.25) is 9.59 Å². The Hall–Kier alpha value is -2.59. The predicted octanol–water partition coefficient (Wildman–Crippen LogP) is 6.12. The molecule has 2 aromatic carbocycles. The van der Waals surface area contributed by atoms with E-state index < -0.39 is 41.4 Å². The number of rotatable bonds is 7. The predicted molar refractivity (Wildman–Crippen MR) is 118 cm³/mol. The van der Waals surface area contributed by atoms with Gasteiger partial charge in [-0.05, 0) is 11.5 Å². The lowest BCUT2D eigenvalue weighted by atomic mass is 9.94. The van der Waals surface area contributed by atoms with Gasteiger partial charge < -0.3 is 4.74 Å². The van der Waals surface area contributed by atoms with Crippen molar-refractivity contribution in [3.8, 4) is 12.3 Å². The smallest absolute Gasteiger partial charge is 0.389 e. The molecule has 2 aromatic rings. The van der Waals surface area contributed by atoms with Gasteiger partial charge in [0, 0.05) is 27.4 Å². The minimum absolute atomic E-state index is 0.00800. The average Bonchev–Trinajstić information content (AvgIpc) is 3.24. The minimum Gasteiger partial charge on any atom is -0.444 e. The summed E-state index contributed by atoms with van der Waals surface area (Å²) in [7, 11) is 0. The van der Waals surface area contributed by atoms with E-state index >= 15 is 0 Å². The lowest BCUT2D eigenvalue weighted by Gasteiger charge is -2.19. The summed E-state index contributed by atoms with van der Waals surface area (Å²) in [6, 6.07) is 15.1. The van der Waals surface area contributed by atoms with E-state index in [1.165, 1.54) is 0 Å². The average molecular weight is 507 g/mol. The van der Waals surface area contributed by atoms with Crippen molar-refractivity contribution in [2.45, 2.75) is 32.5 Å². The summed E-state index contributed by atoms with van der Waals surface area (Å²) in [5.41, 5.74) is -0.946. The Bertz CT molecular complexity index is 1060. The van der Waals surface area contributed by atoms with Crippen molar-refractivity contribution in [1.29, 1.82) is 0 Å². The third-order valence-electron chi connectivity index (χ3n) is 6.34. The van der Waals surface area contributed by atoms with Gasteiger partial charge in [-0.2, -0.15) is 13.2 Å². The van der Waals surface area contributed by atoms with Crippen LogP contribution >= 0.6 is 15.9 Å². The van der Waals surface area contributed by atoms with Crippen molar-refractivity contribution in [3.63, 3.8) is 0 Å². The van der Waals surface area contributed by atoms with Crippen LogP contribution < -0.4 is 0 Å². The third-order valence-corrected chi connectivity index (χ3v) is 7.34. The van der Waals surface area contributed by atoms with Gasteiger partial charge in [-0.25, -0.2) is 0 Å². The molecule has 1 fully saturated rings. The third kappa shape index (κ3) is 4.47. The molecule has 3 nitrogen and oxygen atoms in total. The first-order chi connectivity index (χ1) is 15.0. The molecule has 0 aliphatic heterocycles. The van der Waals surface area contributed by atoms with Gasteiger partial charge in [-0.1, -0.05) is 84.2 Å². The summed E-state index contributed by atoms with van der Waals surface area (Å²) in [6.45, 7) is 3.24.